The zero-order valence-electron chi connectivity index (χ0n) is 16.9. The first-order chi connectivity index (χ1) is 15.1. The molecule has 0 bridgehead atoms. The molecule has 0 radical (unpaired) electrons. The average Bonchev–Trinajstić information content (AvgIpc) is 2.81. The largest absolute Gasteiger partial charge is 0.493 e. The van der Waals surface area contributed by atoms with Crippen molar-refractivity contribution in [1.29, 1.82) is 5.26 Å². The van der Waals surface area contributed by atoms with Gasteiger partial charge < -0.3 is 24.3 Å². The number of fused-ring (bicyclic) bond motifs is 2. The Morgan fingerprint density at radius 1 is 1.13 bits per heavy atom. The smallest absolute Gasteiger partial charge is 0.234 e. The van der Waals surface area contributed by atoms with Crippen LogP contribution in [0.4, 0.5) is 5.69 Å². The quantitative estimate of drug-likeness (QED) is 0.583. The zero-order chi connectivity index (χ0) is 21.8. The first-order valence-electron chi connectivity index (χ1n) is 9.40. The van der Waals surface area contributed by atoms with Crippen LogP contribution in [0, 0.1) is 11.3 Å². The summed E-state index contributed by atoms with van der Waals surface area (Å²) in [6, 6.07) is 12.6. The van der Waals surface area contributed by atoms with E-state index in [2.05, 4.69) is 16.4 Å². The van der Waals surface area contributed by atoms with Gasteiger partial charge in [0.1, 0.15) is 24.3 Å². The molecule has 1 aromatic heterocycles. The van der Waals surface area contributed by atoms with E-state index >= 15 is 0 Å². The van der Waals surface area contributed by atoms with E-state index in [1.165, 1.54) is 11.8 Å². The fraction of sp³-hybridized carbons (Fsp3) is 0.227. The van der Waals surface area contributed by atoms with Crippen molar-refractivity contribution in [3.05, 3.63) is 42.0 Å². The van der Waals surface area contributed by atoms with E-state index in [-0.39, 0.29) is 11.7 Å². The molecule has 3 aromatic rings. The van der Waals surface area contributed by atoms with Gasteiger partial charge in [-0.05, 0) is 24.3 Å². The fourth-order valence-corrected chi connectivity index (χ4v) is 3.89. The number of nitrogens with one attached hydrogen (secondary N) is 1. The van der Waals surface area contributed by atoms with Crippen molar-refractivity contribution < 1.29 is 23.7 Å². The molecule has 9 heteroatoms. The van der Waals surface area contributed by atoms with Crippen molar-refractivity contribution in [2.75, 3.05) is 38.5 Å². The first-order valence-corrected chi connectivity index (χ1v) is 10.4. The summed E-state index contributed by atoms with van der Waals surface area (Å²) < 4.78 is 21.7. The van der Waals surface area contributed by atoms with Crippen molar-refractivity contribution in [2.24, 2.45) is 0 Å². The molecular weight excluding hydrogens is 418 g/mol. The third-order valence-electron chi connectivity index (χ3n) is 4.57. The Bertz CT molecular complexity index is 1190. The number of methoxy groups -OCH3 is 2. The Kier molecular flexibility index (Phi) is 6.00. The molecular formula is C22H19N3O5S. The third kappa shape index (κ3) is 4.44. The number of hydrogen-bond acceptors (Lipinski definition) is 8. The van der Waals surface area contributed by atoms with Gasteiger partial charge in [0.2, 0.25) is 5.91 Å². The molecule has 1 N–H and O–H groups in total. The Labute approximate surface area is 183 Å². The van der Waals surface area contributed by atoms with Crippen molar-refractivity contribution >= 4 is 34.3 Å². The second kappa shape index (κ2) is 9.02. The Morgan fingerprint density at radius 3 is 2.61 bits per heavy atom. The molecule has 4 rings (SSSR count). The molecule has 8 nitrogen and oxygen atoms in total. The highest BCUT2D eigenvalue weighted by Crippen LogP contribution is 2.34. The first kappa shape index (κ1) is 20.6. The maximum absolute atomic E-state index is 12.4. The van der Waals surface area contributed by atoms with Crippen LogP contribution in [0.15, 0.2) is 41.4 Å². The summed E-state index contributed by atoms with van der Waals surface area (Å²) in [7, 11) is 3.10. The zero-order valence-corrected chi connectivity index (χ0v) is 17.7. The molecule has 1 amide bonds. The molecule has 0 saturated carbocycles. The summed E-state index contributed by atoms with van der Waals surface area (Å²) in [5.74, 6) is 2.22. The number of pyridine rings is 1. The van der Waals surface area contributed by atoms with Gasteiger partial charge in [0.15, 0.2) is 23.0 Å². The van der Waals surface area contributed by atoms with Crippen LogP contribution in [0.5, 0.6) is 23.0 Å². The van der Waals surface area contributed by atoms with Gasteiger partial charge in [0, 0.05) is 23.2 Å². The molecule has 0 spiro atoms. The third-order valence-corrected chi connectivity index (χ3v) is 5.56. The van der Waals surface area contributed by atoms with Crippen LogP contribution in [0.3, 0.4) is 0 Å². The van der Waals surface area contributed by atoms with Gasteiger partial charge in [-0.2, -0.15) is 5.26 Å². The van der Waals surface area contributed by atoms with Gasteiger partial charge in [-0.25, -0.2) is 4.98 Å². The van der Waals surface area contributed by atoms with E-state index in [0.29, 0.717) is 58.0 Å². The maximum atomic E-state index is 12.4. The number of benzene rings is 2. The highest BCUT2D eigenvalue weighted by Gasteiger charge is 2.15. The minimum atomic E-state index is -0.222. The molecule has 0 saturated heterocycles. The summed E-state index contributed by atoms with van der Waals surface area (Å²) in [6.45, 7) is 0.982. The Hall–Kier alpha value is -3.64. The number of hydrogen-bond donors (Lipinski definition) is 1. The summed E-state index contributed by atoms with van der Waals surface area (Å²) >= 11 is 1.19. The van der Waals surface area contributed by atoms with E-state index in [0.717, 1.165) is 5.39 Å². The van der Waals surface area contributed by atoms with Crippen LogP contribution in [0.2, 0.25) is 0 Å². The minimum Gasteiger partial charge on any atom is -0.493 e. The summed E-state index contributed by atoms with van der Waals surface area (Å²) in [5.41, 5.74) is 1.64. The number of anilines is 1. The predicted octanol–water partition coefficient (Wildman–Crippen LogP) is 3.63. The van der Waals surface area contributed by atoms with Crippen molar-refractivity contribution in [1.82, 2.24) is 4.98 Å². The maximum Gasteiger partial charge on any atom is 0.234 e. The molecule has 2 aromatic carbocycles. The number of carbonyl (C=O) groups is 1. The molecule has 0 aliphatic carbocycles. The standard InChI is InChI=1S/C22H19N3O5S/c1-27-18-8-13-7-14(11-23)22(25-16(13)10-19(18)28-2)31-12-21(26)24-15-3-4-17-20(9-15)30-6-5-29-17/h3-4,7-10H,5-6,12H2,1-2H3,(H,24,26). The van der Waals surface area contributed by atoms with Crippen molar-refractivity contribution in [3.63, 3.8) is 0 Å². The number of nitriles is 1. The molecule has 2 heterocycles. The molecule has 0 unspecified atom stereocenters. The lowest BCUT2D eigenvalue weighted by Crippen LogP contribution is -2.17. The van der Waals surface area contributed by atoms with Crippen molar-refractivity contribution in [2.45, 2.75) is 5.03 Å². The average molecular weight is 437 g/mol. The van der Waals surface area contributed by atoms with Gasteiger partial charge in [-0.15, -0.1) is 0 Å². The molecule has 1 aliphatic heterocycles. The number of nitrogens with zero attached hydrogens (tertiary/aromatic N) is 2. The number of rotatable bonds is 6. The van der Waals surface area contributed by atoms with Crippen LogP contribution in [-0.4, -0.2) is 44.1 Å². The molecule has 158 valence electrons. The minimum absolute atomic E-state index is 0.0922. The van der Waals surface area contributed by atoms with Gasteiger partial charge in [0.25, 0.3) is 0 Å². The number of aromatic nitrogens is 1. The molecule has 31 heavy (non-hydrogen) atoms. The molecule has 1 aliphatic rings. The van der Waals surface area contributed by atoms with Crippen LogP contribution in [0.1, 0.15) is 5.56 Å². The molecule has 0 fully saturated rings. The van der Waals surface area contributed by atoms with Gasteiger partial charge in [-0.3, -0.25) is 4.79 Å². The predicted molar refractivity (Wildman–Crippen MR) is 116 cm³/mol. The lowest BCUT2D eigenvalue weighted by molar-refractivity contribution is -0.113. The fourth-order valence-electron chi connectivity index (χ4n) is 3.13. The number of ether oxygens (including phenoxy) is 4. The number of carbonyl (C=O) groups excluding carboxylic acids is 1. The van der Waals surface area contributed by atoms with Crippen LogP contribution in [0.25, 0.3) is 10.9 Å². The van der Waals surface area contributed by atoms with Crippen LogP contribution < -0.4 is 24.3 Å². The topological polar surface area (TPSA) is 103 Å². The number of amides is 1. The van der Waals surface area contributed by atoms with E-state index in [9.17, 15) is 10.1 Å². The second-order valence-corrected chi connectivity index (χ2v) is 7.51. The Balaban J connectivity index is 1.50. The van der Waals surface area contributed by atoms with E-state index in [4.69, 9.17) is 18.9 Å². The highest BCUT2D eigenvalue weighted by molar-refractivity contribution is 8.00. The van der Waals surface area contributed by atoms with Gasteiger partial charge >= 0.3 is 0 Å². The SMILES string of the molecule is COc1cc2cc(C#N)c(SCC(=O)Nc3ccc4c(c3)OCCO4)nc2cc1OC. The van der Waals surface area contributed by atoms with Crippen LogP contribution >= 0.6 is 11.8 Å². The van der Waals surface area contributed by atoms with Gasteiger partial charge in [-0.1, -0.05) is 11.8 Å². The van der Waals surface area contributed by atoms with Crippen LogP contribution in [-0.2, 0) is 4.79 Å². The highest BCUT2D eigenvalue weighted by atomic mass is 32.2. The monoisotopic (exact) mass is 437 g/mol. The lowest BCUT2D eigenvalue weighted by Gasteiger charge is -2.19. The lowest BCUT2D eigenvalue weighted by atomic mass is 10.1. The van der Waals surface area contributed by atoms with Crippen molar-refractivity contribution in [3.8, 4) is 29.1 Å². The van der Waals surface area contributed by atoms with E-state index in [1.54, 1.807) is 50.6 Å². The second-order valence-electron chi connectivity index (χ2n) is 6.55. The Morgan fingerprint density at radius 2 is 1.87 bits per heavy atom. The van der Waals surface area contributed by atoms with Gasteiger partial charge in [0.05, 0.1) is 31.1 Å². The van der Waals surface area contributed by atoms with E-state index in [1.807, 2.05) is 0 Å². The normalized spacial score (nSPS) is 12.2. The molecule has 0 atom stereocenters. The summed E-state index contributed by atoms with van der Waals surface area (Å²) in [6.07, 6.45) is 0. The summed E-state index contributed by atoms with van der Waals surface area (Å²) in [4.78, 5) is 17.0. The summed E-state index contributed by atoms with van der Waals surface area (Å²) in [5, 5.41) is 13.6. The number of thioether (sulfide) groups is 1. The van der Waals surface area contributed by atoms with E-state index < -0.39 is 0 Å².